The molecule has 1 aromatic heterocycles. The molecule has 1 heterocycles. The summed E-state index contributed by atoms with van der Waals surface area (Å²) >= 11 is 6.32. The summed E-state index contributed by atoms with van der Waals surface area (Å²) in [6.45, 7) is 0. The lowest BCUT2D eigenvalue weighted by Crippen LogP contribution is -2.25. The number of nitrogens with zero attached hydrogens (tertiary/aromatic N) is 2. The van der Waals surface area contributed by atoms with Crippen molar-refractivity contribution in [1.82, 2.24) is 9.78 Å². The van der Waals surface area contributed by atoms with E-state index in [0.717, 1.165) is 0 Å². The molecule has 124 valence electrons. The molecule has 0 amide bonds. The summed E-state index contributed by atoms with van der Waals surface area (Å²) in [6, 6.07) is 19.8. The Bertz CT molecular complexity index is 1280. The summed E-state index contributed by atoms with van der Waals surface area (Å²) in [5.41, 5.74) is 2.59. The van der Waals surface area contributed by atoms with Crippen molar-refractivity contribution in [2.75, 3.05) is 0 Å². The van der Waals surface area contributed by atoms with E-state index in [9.17, 15) is 9.59 Å². The van der Waals surface area contributed by atoms with Gasteiger partial charge in [0.1, 0.15) is 5.69 Å². The Hall–Kier alpha value is -3.24. The molecule has 4 nitrogen and oxygen atoms in total. The summed E-state index contributed by atoms with van der Waals surface area (Å²) in [6.07, 6.45) is 0. The van der Waals surface area contributed by atoms with Crippen molar-refractivity contribution in [2.24, 2.45) is 0 Å². The fourth-order valence-corrected chi connectivity index (χ4v) is 3.73. The molecule has 0 saturated carbocycles. The van der Waals surface area contributed by atoms with Crippen LogP contribution >= 0.6 is 11.6 Å². The van der Waals surface area contributed by atoms with E-state index in [2.05, 4.69) is 5.10 Å². The number of aromatic nitrogens is 2. The van der Waals surface area contributed by atoms with Crippen LogP contribution < -0.4 is 5.56 Å². The smallest absolute Gasteiger partial charge is 0.279 e. The number of rotatable bonds is 1. The molecule has 26 heavy (non-hydrogen) atoms. The van der Waals surface area contributed by atoms with E-state index in [4.69, 9.17) is 11.6 Å². The van der Waals surface area contributed by atoms with Crippen molar-refractivity contribution in [3.8, 4) is 16.9 Å². The number of fused-ring (bicyclic) bond motifs is 2. The van der Waals surface area contributed by atoms with Crippen LogP contribution in [0.2, 0.25) is 5.02 Å². The van der Waals surface area contributed by atoms with Crippen LogP contribution in [0, 0.1) is 0 Å². The Morgan fingerprint density at radius 3 is 2.27 bits per heavy atom. The van der Waals surface area contributed by atoms with Gasteiger partial charge in [0.25, 0.3) is 5.56 Å². The van der Waals surface area contributed by atoms with Crippen LogP contribution in [0.3, 0.4) is 0 Å². The number of hydrogen-bond acceptors (Lipinski definition) is 3. The third-order valence-corrected chi connectivity index (χ3v) is 4.98. The SMILES string of the molecule is O=C1c2ccccc2-c2nn(-c3ccccc3)c(=O)c3ccc(Cl)c1c23. The predicted octanol–water partition coefficient (Wildman–Crippen LogP) is 4.25. The second-order valence-corrected chi connectivity index (χ2v) is 6.53. The molecule has 0 spiro atoms. The largest absolute Gasteiger partial charge is 0.289 e. The Morgan fingerprint density at radius 1 is 0.808 bits per heavy atom. The third kappa shape index (κ3) is 1.93. The van der Waals surface area contributed by atoms with E-state index >= 15 is 0 Å². The zero-order chi connectivity index (χ0) is 17.8. The number of para-hydroxylation sites is 1. The van der Waals surface area contributed by atoms with Crippen molar-refractivity contribution in [1.29, 1.82) is 0 Å². The molecule has 0 N–H and O–H groups in total. The van der Waals surface area contributed by atoms with Gasteiger partial charge < -0.3 is 0 Å². The zero-order valence-electron chi connectivity index (χ0n) is 13.4. The van der Waals surface area contributed by atoms with Gasteiger partial charge in [0.15, 0.2) is 5.78 Å². The van der Waals surface area contributed by atoms with Gasteiger partial charge in [-0.1, -0.05) is 54.1 Å². The van der Waals surface area contributed by atoms with Crippen LogP contribution in [-0.4, -0.2) is 15.6 Å². The lowest BCUT2D eigenvalue weighted by Gasteiger charge is -2.20. The van der Waals surface area contributed by atoms with Crippen LogP contribution in [-0.2, 0) is 0 Å². The highest BCUT2D eigenvalue weighted by atomic mass is 35.5. The molecule has 4 aromatic rings. The summed E-state index contributed by atoms with van der Waals surface area (Å²) in [5, 5.41) is 5.90. The van der Waals surface area contributed by atoms with Gasteiger partial charge in [-0.25, -0.2) is 0 Å². The summed E-state index contributed by atoms with van der Waals surface area (Å²) in [5.74, 6) is -0.178. The first kappa shape index (κ1) is 15.0. The molecule has 5 rings (SSSR count). The fraction of sp³-hybridized carbons (Fsp3) is 0. The number of hydrogen-bond donors (Lipinski definition) is 0. The lowest BCUT2D eigenvalue weighted by molar-refractivity contribution is 0.104. The summed E-state index contributed by atoms with van der Waals surface area (Å²) in [7, 11) is 0. The van der Waals surface area contributed by atoms with Crippen molar-refractivity contribution < 1.29 is 4.79 Å². The second-order valence-electron chi connectivity index (χ2n) is 6.12. The highest BCUT2D eigenvalue weighted by molar-refractivity contribution is 6.39. The number of ketones is 1. The van der Waals surface area contributed by atoms with Crippen molar-refractivity contribution in [3.05, 3.63) is 93.2 Å². The topological polar surface area (TPSA) is 52.0 Å². The number of halogens is 1. The molecule has 0 fully saturated rings. The number of benzene rings is 3. The average molecular weight is 359 g/mol. The van der Waals surface area contributed by atoms with E-state index in [1.807, 2.05) is 48.5 Å². The third-order valence-electron chi connectivity index (χ3n) is 4.67. The molecule has 1 aliphatic carbocycles. The van der Waals surface area contributed by atoms with Crippen LogP contribution in [0.4, 0.5) is 0 Å². The van der Waals surface area contributed by atoms with Gasteiger partial charge in [-0.3, -0.25) is 9.59 Å². The monoisotopic (exact) mass is 358 g/mol. The molecule has 0 bridgehead atoms. The van der Waals surface area contributed by atoms with E-state index in [1.165, 1.54) is 4.68 Å². The van der Waals surface area contributed by atoms with Crippen molar-refractivity contribution in [2.45, 2.75) is 0 Å². The van der Waals surface area contributed by atoms with E-state index < -0.39 is 0 Å². The number of carbonyl (C=O) groups is 1. The quantitative estimate of drug-likeness (QED) is 0.450. The molecular weight excluding hydrogens is 348 g/mol. The Balaban J connectivity index is 2.01. The van der Waals surface area contributed by atoms with Crippen LogP contribution in [0.25, 0.3) is 27.7 Å². The number of carbonyl (C=O) groups excluding carboxylic acids is 1. The van der Waals surface area contributed by atoms with Gasteiger partial charge in [-0.2, -0.15) is 9.78 Å². The van der Waals surface area contributed by atoms with E-state index in [-0.39, 0.29) is 11.3 Å². The molecule has 1 aliphatic rings. The first-order chi connectivity index (χ1) is 12.7. The Kier molecular flexibility index (Phi) is 3.11. The lowest BCUT2D eigenvalue weighted by atomic mass is 9.86. The van der Waals surface area contributed by atoms with Gasteiger partial charge in [-0.15, -0.1) is 0 Å². The minimum atomic E-state index is -0.278. The molecule has 0 atom stereocenters. The Labute approximate surface area is 153 Å². The maximum Gasteiger partial charge on any atom is 0.279 e. The van der Waals surface area contributed by atoms with Gasteiger partial charge in [-0.05, 0) is 24.3 Å². The maximum atomic E-state index is 13.0. The van der Waals surface area contributed by atoms with Crippen LogP contribution in [0.5, 0.6) is 0 Å². The van der Waals surface area contributed by atoms with E-state index in [1.54, 1.807) is 18.2 Å². The first-order valence-electron chi connectivity index (χ1n) is 8.12. The van der Waals surface area contributed by atoms with Crippen molar-refractivity contribution >= 4 is 28.2 Å². The molecule has 0 aliphatic heterocycles. The molecule has 3 aromatic carbocycles. The average Bonchev–Trinajstić information content (AvgIpc) is 2.68. The van der Waals surface area contributed by atoms with Gasteiger partial charge in [0.2, 0.25) is 0 Å². The van der Waals surface area contributed by atoms with Gasteiger partial charge >= 0.3 is 0 Å². The van der Waals surface area contributed by atoms with E-state index in [0.29, 0.717) is 43.9 Å². The fourth-order valence-electron chi connectivity index (χ4n) is 3.49. The van der Waals surface area contributed by atoms with Crippen LogP contribution in [0.15, 0.2) is 71.5 Å². The normalized spacial score (nSPS) is 12.3. The summed E-state index contributed by atoms with van der Waals surface area (Å²) < 4.78 is 1.38. The predicted molar refractivity (Wildman–Crippen MR) is 101 cm³/mol. The Morgan fingerprint density at radius 2 is 1.50 bits per heavy atom. The maximum absolute atomic E-state index is 13.0. The second kappa shape index (κ2) is 5.38. The van der Waals surface area contributed by atoms with Crippen molar-refractivity contribution in [3.63, 3.8) is 0 Å². The molecule has 0 unspecified atom stereocenters. The van der Waals surface area contributed by atoms with Gasteiger partial charge in [0.05, 0.1) is 21.7 Å². The highest BCUT2D eigenvalue weighted by Gasteiger charge is 2.30. The zero-order valence-corrected chi connectivity index (χ0v) is 14.2. The molecule has 0 saturated heterocycles. The van der Waals surface area contributed by atoms with Crippen LogP contribution in [0.1, 0.15) is 15.9 Å². The molecule has 0 radical (unpaired) electrons. The molecular formula is C21H11ClN2O2. The minimum Gasteiger partial charge on any atom is -0.289 e. The van der Waals surface area contributed by atoms with Gasteiger partial charge in [0, 0.05) is 16.5 Å². The highest BCUT2D eigenvalue weighted by Crippen LogP contribution is 2.39. The molecule has 5 heteroatoms. The summed E-state index contributed by atoms with van der Waals surface area (Å²) in [4.78, 5) is 26.0. The minimum absolute atomic E-state index is 0.178. The standard InChI is InChI=1S/C21H11ClN2O2/c22-16-11-10-15-17-18(16)20(25)14-9-5-4-8-13(14)19(17)23-24(21(15)26)12-6-2-1-3-7-12/h1-11H. The first-order valence-corrected chi connectivity index (χ1v) is 8.49.